The summed E-state index contributed by atoms with van der Waals surface area (Å²) in [5, 5.41) is 11.1. The Morgan fingerprint density at radius 1 is 1.30 bits per heavy atom. The second-order valence-corrected chi connectivity index (χ2v) is 6.63. The van der Waals surface area contributed by atoms with E-state index in [9.17, 15) is 14.9 Å². The Hall–Kier alpha value is -2.78. The third kappa shape index (κ3) is 4.89. The number of ether oxygens (including phenoxy) is 4. The van der Waals surface area contributed by atoms with Crippen molar-refractivity contribution in [2.45, 2.75) is 18.1 Å². The Bertz CT molecular complexity index is 838. The Balaban J connectivity index is 1.60. The van der Waals surface area contributed by atoms with Crippen LogP contribution in [0, 0.1) is 10.1 Å². The van der Waals surface area contributed by atoms with Crippen molar-refractivity contribution in [3.05, 3.63) is 57.6 Å². The van der Waals surface area contributed by atoms with Crippen LogP contribution in [0.5, 0.6) is 11.5 Å². The van der Waals surface area contributed by atoms with Gasteiger partial charge in [-0.15, -0.1) is 11.8 Å². The highest BCUT2D eigenvalue weighted by Crippen LogP contribution is 2.33. The largest absolute Gasteiger partial charge is 0.497 e. The van der Waals surface area contributed by atoms with E-state index in [4.69, 9.17) is 18.9 Å². The monoisotopic (exact) mass is 391 g/mol. The maximum atomic E-state index is 12.0. The third-order valence-electron chi connectivity index (χ3n) is 3.79. The topological polar surface area (TPSA) is 97.1 Å². The maximum Gasteiger partial charge on any atom is 0.316 e. The molecule has 0 bridgehead atoms. The SMILES string of the molecule is COc1ccc(SCC(=O)OCc2cc([N+](=O)[O-])cc3c2OCOC3)cc1. The number of hydrogen-bond acceptors (Lipinski definition) is 8. The molecule has 0 saturated heterocycles. The number of benzene rings is 2. The molecule has 3 rings (SSSR count). The molecule has 0 saturated carbocycles. The van der Waals surface area contributed by atoms with Crippen LogP contribution in [-0.2, 0) is 27.5 Å². The van der Waals surface area contributed by atoms with E-state index in [1.54, 1.807) is 7.11 Å². The van der Waals surface area contributed by atoms with Gasteiger partial charge >= 0.3 is 5.97 Å². The molecule has 0 unspecified atom stereocenters. The second-order valence-electron chi connectivity index (χ2n) is 5.59. The Morgan fingerprint density at radius 2 is 2.07 bits per heavy atom. The van der Waals surface area contributed by atoms with Crippen LogP contribution in [0.2, 0.25) is 0 Å². The molecule has 8 nitrogen and oxygen atoms in total. The van der Waals surface area contributed by atoms with E-state index in [2.05, 4.69) is 0 Å². The lowest BCUT2D eigenvalue weighted by Crippen LogP contribution is -2.15. The third-order valence-corrected chi connectivity index (χ3v) is 4.77. The number of nitrogens with zero attached hydrogens (tertiary/aromatic N) is 1. The van der Waals surface area contributed by atoms with Gasteiger partial charge in [0.25, 0.3) is 5.69 Å². The number of thioether (sulfide) groups is 1. The number of esters is 1. The van der Waals surface area contributed by atoms with Crippen molar-refractivity contribution in [2.75, 3.05) is 19.7 Å². The van der Waals surface area contributed by atoms with Gasteiger partial charge in [-0.2, -0.15) is 0 Å². The van der Waals surface area contributed by atoms with Gasteiger partial charge < -0.3 is 18.9 Å². The van der Waals surface area contributed by atoms with Gasteiger partial charge in [0, 0.05) is 28.2 Å². The van der Waals surface area contributed by atoms with Crippen LogP contribution in [0.1, 0.15) is 11.1 Å². The Kier molecular flexibility index (Phi) is 6.15. The van der Waals surface area contributed by atoms with Crippen molar-refractivity contribution >= 4 is 23.4 Å². The molecule has 27 heavy (non-hydrogen) atoms. The molecule has 0 spiro atoms. The van der Waals surface area contributed by atoms with Crippen LogP contribution >= 0.6 is 11.8 Å². The van der Waals surface area contributed by atoms with Crippen LogP contribution in [0.25, 0.3) is 0 Å². The molecule has 142 valence electrons. The lowest BCUT2D eigenvalue weighted by Gasteiger charge is -2.20. The minimum absolute atomic E-state index is 0.0546. The number of rotatable bonds is 7. The molecule has 0 aliphatic carbocycles. The minimum atomic E-state index is -0.500. The van der Waals surface area contributed by atoms with Gasteiger partial charge in [0.15, 0.2) is 6.79 Å². The van der Waals surface area contributed by atoms with E-state index in [1.807, 2.05) is 24.3 Å². The zero-order chi connectivity index (χ0) is 19.2. The number of carbonyl (C=O) groups is 1. The zero-order valence-corrected chi connectivity index (χ0v) is 15.3. The fourth-order valence-electron chi connectivity index (χ4n) is 2.51. The summed E-state index contributed by atoms with van der Waals surface area (Å²) >= 11 is 1.33. The minimum Gasteiger partial charge on any atom is -0.497 e. The molecule has 1 aliphatic heterocycles. The van der Waals surface area contributed by atoms with Gasteiger partial charge in [0.05, 0.1) is 24.4 Å². The predicted octanol–water partition coefficient (Wildman–Crippen LogP) is 3.31. The van der Waals surface area contributed by atoms with Gasteiger partial charge in [0.1, 0.15) is 18.1 Å². The number of nitro groups is 1. The fraction of sp³-hybridized carbons (Fsp3) is 0.278. The molecular weight excluding hydrogens is 374 g/mol. The summed E-state index contributed by atoms with van der Waals surface area (Å²) in [6.07, 6.45) is 0. The summed E-state index contributed by atoms with van der Waals surface area (Å²) in [6, 6.07) is 10.1. The van der Waals surface area contributed by atoms with Crippen molar-refractivity contribution < 1.29 is 28.7 Å². The highest BCUT2D eigenvalue weighted by atomic mass is 32.2. The van der Waals surface area contributed by atoms with Crippen LogP contribution in [0.3, 0.4) is 0 Å². The first-order chi connectivity index (χ1) is 13.1. The Morgan fingerprint density at radius 3 is 2.78 bits per heavy atom. The number of nitro benzene ring substituents is 1. The highest BCUT2D eigenvalue weighted by Gasteiger charge is 2.21. The van der Waals surface area contributed by atoms with Crippen LogP contribution in [-0.4, -0.2) is 30.5 Å². The number of fused-ring (bicyclic) bond motifs is 1. The number of methoxy groups -OCH3 is 1. The molecule has 1 heterocycles. The standard InChI is InChI=1S/C18H17NO7S/c1-23-15-2-4-16(5-3-15)27-10-17(20)25-9-13-7-14(19(21)22)6-12-8-24-11-26-18(12)13/h2-7H,8-11H2,1H3. The summed E-state index contributed by atoms with van der Waals surface area (Å²) in [4.78, 5) is 23.5. The van der Waals surface area contributed by atoms with E-state index in [0.717, 1.165) is 10.6 Å². The summed E-state index contributed by atoms with van der Waals surface area (Å²) in [6.45, 7) is 0.163. The van der Waals surface area contributed by atoms with E-state index in [1.165, 1.54) is 23.9 Å². The van der Waals surface area contributed by atoms with Crippen LogP contribution in [0.4, 0.5) is 5.69 Å². The first kappa shape index (κ1) is 19.0. The molecule has 2 aromatic rings. The highest BCUT2D eigenvalue weighted by molar-refractivity contribution is 8.00. The molecule has 0 radical (unpaired) electrons. The van der Waals surface area contributed by atoms with E-state index in [0.29, 0.717) is 16.9 Å². The predicted molar refractivity (Wildman–Crippen MR) is 96.9 cm³/mol. The molecule has 1 aliphatic rings. The van der Waals surface area contributed by atoms with Gasteiger partial charge in [-0.3, -0.25) is 14.9 Å². The Labute approximate surface area is 159 Å². The summed E-state index contributed by atoms with van der Waals surface area (Å²) in [5.74, 6) is 0.903. The molecule has 0 atom stereocenters. The smallest absolute Gasteiger partial charge is 0.316 e. The van der Waals surface area contributed by atoms with Crippen molar-refractivity contribution in [3.8, 4) is 11.5 Å². The maximum absolute atomic E-state index is 12.0. The van der Waals surface area contributed by atoms with Crippen molar-refractivity contribution in [3.63, 3.8) is 0 Å². The van der Waals surface area contributed by atoms with Gasteiger partial charge in [-0.05, 0) is 24.3 Å². The van der Waals surface area contributed by atoms with Gasteiger partial charge in [-0.1, -0.05) is 0 Å². The lowest BCUT2D eigenvalue weighted by molar-refractivity contribution is -0.385. The molecule has 0 amide bonds. The number of hydrogen-bond donors (Lipinski definition) is 0. The molecule has 0 N–H and O–H groups in total. The normalized spacial score (nSPS) is 12.6. The number of non-ortho nitro benzene ring substituents is 1. The van der Waals surface area contributed by atoms with E-state index in [-0.39, 0.29) is 31.4 Å². The number of carbonyl (C=O) groups excluding carboxylic acids is 1. The first-order valence-corrected chi connectivity index (χ1v) is 8.98. The molecule has 2 aromatic carbocycles. The van der Waals surface area contributed by atoms with Gasteiger partial charge in [0.2, 0.25) is 0 Å². The van der Waals surface area contributed by atoms with Crippen LogP contribution in [0.15, 0.2) is 41.3 Å². The average Bonchev–Trinajstić information content (AvgIpc) is 2.70. The average molecular weight is 391 g/mol. The quantitative estimate of drug-likeness (QED) is 0.307. The summed E-state index contributed by atoms with van der Waals surface area (Å²) < 4.78 is 20.9. The van der Waals surface area contributed by atoms with Crippen molar-refractivity contribution in [1.82, 2.24) is 0 Å². The van der Waals surface area contributed by atoms with Crippen LogP contribution < -0.4 is 9.47 Å². The molecule has 0 aromatic heterocycles. The summed E-state index contributed by atoms with van der Waals surface area (Å²) in [7, 11) is 1.59. The first-order valence-electron chi connectivity index (χ1n) is 8.00. The van der Waals surface area contributed by atoms with Crippen molar-refractivity contribution in [1.29, 1.82) is 0 Å². The van der Waals surface area contributed by atoms with Gasteiger partial charge in [-0.25, -0.2) is 0 Å². The van der Waals surface area contributed by atoms with E-state index < -0.39 is 10.9 Å². The second kappa shape index (κ2) is 8.74. The molecule has 0 fully saturated rings. The molecular formula is C18H17NO7S. The molecule has 9 heteroatoms. The van der Waals surface area contributed by atoms with Crippen molar-refractivity contribution in [2.24, 2.45) is 0 Å². The zero-order valence-electron chi connectivity index (χ0n) is 14.5. The van der Waals surface area contributed by atoms with E-state index >= 15 is 0 Å². The fourth-order valence-corrected chi connectivity index (χ4v) is 3.20. The summed E-state index contributed by atoms with van der Waals surface area (Å²) in [5.41, 5.74) is 0.918. The lowest BCUT2D eigenvalue weighted by atomic mass is 10.1.